The van der Waals surface area contributed by atoms with Crippen molar-refractivity contribution in [2.75, 3.05) is 18.0 Å². The van der Waals surface area contributed by atoms with E-state index in [9.17, 15) is 4.79 Å². The first-order chi connectivity index (χ1) is 8.56. The van der Waals surface area contributed by atoms with Crippen LogP contribution in [0.3, 0.4) is 0 Å². The number of rotatable bonds is 2. The Balaban J connectivity index is 2.41. The van der Waals surface area contributed by atoms with Crippen LogP contribution in [0.5, 0.6) is 0 Å². The van der Waals surface area contributed by atoms with Crippen LogP contribution in [0, 0.1) is 5.92 Å². The maximum Gasteiger partial charge on any atom is 0.287 e. The second kappa shape index (κ2) is 5.28. The van der Waals surface area contributed by atoms with Crippen LogP contribution >= 0.6 is 11.6 Å². The third-order valence-electron chi connectivity index (χ3n) is 3.73. The zero-order chi connectivity index (χ0) is 13.3. The van der Waals surface area contributed by atoms with Crippen LogP contribution in [0.2, 0.25) is 5.02 Å². The molecule has 1 aromatic rings. The SMILES string of the molecule is CC1CCCN(c2cnn(C)c(=O)c2Cl)C1CN. The van der Waals surface area contributed by atoms with Crippen LogP contribution < -0.4 is 16.2 Å². The minimum atomic E-state index is -0.261. The van der Waals surface area contributed by atoms with Crippen molar-refractivity contribution in [3.8, 4) is 0 Å². The molecule has 0 radical (unpaired) electrons. The number of halogens is 1. The quantitative estimate of drug-likeness (QED) is 0.871. The highest BCUT2D eigenvalue weighted by Crippen LogP contribution is 2.30. The third kappa shape index (κ3) is 2.24. The molecule has 1 aliphatic heterocycles. The Morgan fingerprint density at radius 2 is 2.33 bits per heavy atom. The van der Waals surface area contributed by atoms with Crippen LogP contribution in [0.15, 0.2) is 11.0 Å². The smallest absolute Gasteiger partial charge is 0.287 e. The van der Waals surface area contributed by atoms with E-state index in [1.165, 1.54) is 4.68 Å². The average molecular weight is 271 g/mol. The summed E-state index contributed by atoms with van der Waals surface area (Å²) in [4.78, 5) is 13.9. The standard InChI is InChI=1S/C12H19ClN4O/c1-8-4-3-5-17(9(8)6-14)10-7-15-16(2)12(18)11(10)13/h7-9H,3-6,14H2,1-2H3. The van der Waals surface area contributed by atoms with Gasteiger partial charge in [-0.3, -0.25) is 4.79 Å². The van der Waals surface area contributed by atoms with Crippen molar-refractivity contribution < 1.29 is 0 Å². The molecule has 18 heavy (non-hydrogen) atoms. The fourth-order valence-corrected chi connectivity index (χ4v) is 2.89. The summed E-state index contributed by atoms with van der Waals surface area (Å²) in [6, 6.07) is 0.227. The van der Waals surface area contributed by atoms with Crippen molar-refractivity contribution in [1.29, 1.82) is 0 Å². The van der Waals surface area contributed by atoms with Crippen molar-refractivity contribution in [2.45, 2.75) is 25.8 Å². The summed E-state index contributed by atoms with van der Waals surface area (Å²) in [5.41, 5.74) is 6.30. The summed E-state index contributed by atoms with van der Waals surface area (Å²) in [5, 5.41) is 4.28. The zero-order valence-corrected chi connectivity index (χ0v) is 11.5. The molecule has 5 nitrogen and oxygen atoms in total. The van der Waals surface area contributed by atoms with E-state index in [-0.39, 0.29) is 16.6 Å². The van der Waals surface area contributed by atoms with Gasteiger partial charge in [0.25, 0.3) is 5.56 Å². The topological polar surface area (TPSA) is 64.2 Å². The first kappa shape index (κ1) is 13.4. The molecule has 2 N–H and O–H groups in total. The van der Waals surface area contributed by atoms with Crippen molar-refractivity contribution in [1.82, 2.24) is 9.78 Å². The highest BCUT2D eigenvalue weighted by atomic mass is 35.5. The molecule has 2 heterocycles. The van der Waals surface area contributed by atoms with Crippen molar-refractivity contribution in [2.24, 2.45) is 18.7 Å². The molecule has 1 aromatic heterocycles. The van der Waals surface area contributed by atoms with Gasteiger partial charge in [0.05, 0.1) is 11.9 Å². The predicted octanol–water partition coefficient (Wildman–Crippen LogP) is 0.997. The summed E-state index contributed by atoms with van der Waals surface area (Å²) in [6.07, 6.45) is 3.90. The van der Waals surface area contributed by atoms with Gasteiger partial charge < -0.3 is 10.6 Å². The van der Waals surface area contributed by atoms with E-state index >= 15 is 0 Å². The minimum Gasteiger partial charge on any atom is -0.364 e. The molecule has 6 heteroatoms. The van der Waals surface area contributed by atoms with E-state index in [0.29, 0.717) is 18.2 Å². The molecule has 1 fully saturated rings. The Labute approximate surface area is 112 Å². The molecule has 0 aliphatic carbocycles. The van der Waals surface area contributed by atoms with E-state index in [1.807, 2.05) is 0 Å². The van der Waals surface area contributed by atoms with Crippen molar-refractivity contribution in [3.05, 3.63) is 21.6 Å². The number of aromatic nitrogens is 2. The van der Waals surface area contributed by atoms with E-state index in [0.717, 1.165) is 19.4 Å². The molecule has 1 saturated heterocycles. The summed E-state index contributed by atoms with van der Waals surface area (Å²) >= 11 is 6.15. The van der Waals surface area contributed by atoms with Crippen molar-refractivity contribution in [3.63, 3.8) is 0 Å². The number of nitrogens with two attached hydrogens (primary N) is 1. The molecular formula is C12H19ClN4O. The zero-order valence-electron chi connectivity index (χ0n) is 10.8. The van der Waals surface area contributed by atoms with Gasteiger partial charge in [0.15, 0.2) is 0 Å². The molecule has 100 valence electrons. The normalized spacial score (nSPS) is 24.3. The molecule has 1 aliphatic rings. The minimum absolute atomic E-state index is 0.227. The van der Waals surface area contributed by atoms with Gasteiger partial charge in [0, 0.05) is 26.2 Å². The molecular weight excluding hydrogens is 252 g/mol. The van der Waals surface area contributed by atoms with E-state index < -0.39 is 0 Å². The molecule has 0 amide bonds. The summed E-state index contributed by atoms with van der Waals surface area (Å²) in [7, 11) is 1.59. The molecule has 2 rings (SSSR count). The lowest BCUT2D eigenvalue weighted by Crippen LogP contribution is -2.49. The van der Waals surface area contributed by atoms with Crippen molar-refractivity contribution >= 4 is 17.3 Å². The largest absolute Gasteiger partial charge is 0.364 e. The van der Waals surface area contributed by atoms with Gasteiger partial charge in [-0.05, 0) is 18.8 Å². The fraction of sp³-hybridized carbons (Fsp3) is 0.667. The Bertz CT molecular complexity index is 487. The number of aryl methyl sites for hydroxylation is 1. The number of piperidine rings is 1. The summed E-state index contributed by atoms with van der Waals surface area (Å²) in [6.45, 7) is 3.62. The highest BCUT2D eigenvalue weighted by Gasteiger charge is 2.29. The molecule has 0 bridgehead atoms. The van der Waals surface area contributed by atoms with E-state index in [1.54, 1.807) is 13.2 Å². The van der Waals surface area contributed by atoms with Gasteiger partial charge in [-0.25, -0.2) is 4.68 Å². The Morgan fingerprint density at radius 3 is 3.00 bits per heavy atom. The number of anilines is 1. The number of hydrogen-bond acceptors (Lipinski definition) is 4. The van der Waals surface area contributed by atoms with E-state index in [4.69, 9.17) is 17.3 Å². The van der Waals surface area contributed by atoms with Crippen LogP contribution in [0.4, 0.5) is 5.69 Å². The fourth-order valence-electron chi connectivity index (χ4n) is 2.61. The third-order valence-corrected chi connectivity index (χ3v) is 4.08. The van der Waals surface area contributed by atoms with Crippen LogP contribution in [0.1, 0.15) is 19.8 Å². The maximum absolute atomic E-state index is 11.8. The Kier molecular flexibility index (Phi) is 3.92. The molecule has 0 saturated carbocycles. The lowest BCUT2D eigenvalue weighted by atomic mass is 9.90. The Hall–Kier alpha value is -1.07. The monoisotopic (exact) mass is 270 g/mol. The predicted molar refractivity (Wildman–Crippen MR) is 73.1 cm³/mol. The van der Waals surface area contributed by atoms with Gasteiger partial charge >= 0.3 is 0 Å². The first-order valence-electron chi connectivity index (χ1n) is 6.24. The van der Waals surface area contributed by atoms with Crippen LogP contribution in [0.25, 0.3) is 0 Å². The van der Waals surface area contributed by atoms with E-state index in [2.05, 4.69) is 16.9 Å². The Morgan fingerprint density at radius 1 is 1.61 bits per heavy atom. The lowest BCUT2D eigenvalue weighted by molar-refractivity contribution is 0.349. The van der Waals surface area contributed by atoms with Crippen LogP contribution in [-0.2, 0) is 7.05 Å². The van der Waals surface area contributed by atoms with Gasteiger partial charge in [-0.15, -0.1) is 0 Å². The first-order valence-corrected chi connectivity index (χ1v) is 6.62. The maximum atomic E-state index is 11.8. The lowest BCUT2D eigenvalue weighted by Gasteiger charge is -2.41. The van der Waals surface area contributed by atoms with Gasteiger partial charge in [-0.2, -0.15) is 5.10 Å². The van der Waals surface area contributed by atoms with Gasteiger partial charge in [-0.1, -0.05) is 18.5 Å². The number of hydrogen-bond donors (Lipinski definition) is 1. The average Bonchev–Trinajstić information content (AvgIpc) is 2.36. The highest BCUT2D eigenvalue weighted by molar-refractivity contribution is 6.33. The molecule has 2 atom stereocenters. The summed E-state index contributed by atoms with van der Waals surface area (Å²) in [5.74, 6) is 0.504. The second-order valence-electron chi connectivity index (χ2n) is 4.89. The second-order valence-corrected chi connectivity index (χ2v) is 5.27. The molecule has 0 aromatic carbocycles. The van der Waals surface area contributed by atoms with Crippen LogP contribution in [-0.4, -0.2) is 28.9 Å². The number of nitrogens with zero attached hydrogens (tertiary/aromatic N) is 3. The molecule has 0 spiro atoms. The summed E-state index contributed by atoms with van der Waals surface area (Å²) < 4.78 is 1.25. The molecule has 2 unspecified atom stereocenters. The van der Waals surface area contributed by atoms with Gasteiger partial charge in [0.1, 0.15) is 5.02 Å². The van der Waals surface area contributed by atoms with Gasteiger partial charge in [0.2, 0.25) is 0 Å².